The third-order valence-electron chi connectivity index (χ3n) is 3.59. The molecule has 0 aromatic heterocycles. The number of ether oxygens (including phenoxy) is 1. The van der Waals surface area contributed by atoms with Gasteiger partial charge in [0.2, 0.25) is 0 Å². The molecule has 0 amide bonds. The van der Waals surface area contributed by atoms with E-state index in [2.05, 4.69) is 25.6 Å². The van der Waals surface area contributed by atoms with Crippen molar-refractivity contribution in [3.63, 3.8) is 0 Å². The van der Waals surface area contributed by atoms with E-state index < -0.39 is 0 Å². The first kappa shape index (κ1) is 10.8. The van der Waals surface area contributed by atoms with Crippen LogP contribution in [0.1, 0.15) is 33.1 Å². The summed E-state index contributed by atoms with van der Waals surface area (Å²) in [7, 11) is 0. The Hall–Kier alpha value is 0.270. The molecule has 0 spiro atoms. The Morgan fingerprint density at radius 3 is 2.64 bits per heavy atom. The van der Waals surface area contributed by atoms with Gasteiger partial charge >= 0.3 is 0 Å². The van der Waals surface area contributed by atoms with Gasteiger partial charge in [0.1, 0.15) is 0 Å². The van der Waals surface area contributed by atoms with Gasteiger partial charge in [-0.15, -0.1) is 11.8 Å². The fourth-order valence-corrected chi connectivity index (χ4v) is 3.99. The van der Waals surface area contributed by atoms with Crippen LogP contribution >= 0.6 is 11.8 Å². The van der Waals surface area contributed by atoms with Crippen LogP contribution < -0.4 is 5.73 Å². The lowest BCUT2D eigenvalue weighted by Crippen LogP contribution is -2.49. The second-order valence-corrected chi connectivity index (χ2v) is 6.78. The summed E-state index contributed by atoms with van der Waals surface area (Å²) in [6.07, 6.45) is 3.92. The lowest BCUT2D eigenvalue weighted by atomic mass is 9.73. The smallest absolute Gasteiger partial charge is 0.0608 e. The van der Waals surface area contributed by atoms with Crippen molar-refractivity contribution in [3.05, 3.63) is 0 Å². The maximum absolute atomic E-state index is 6.32. The van der Waals surface area contributed by atoms with Gasteiger partial charge in [-0.1, -0.05) is 20.3 Å². The van der Waals surface area contributed by atoms with Crippen LogP contribution in [0.5, 0.6) is 0 Å². The quantitative estimate of drug-likeness (QED) is 0.765. The highest BCUT2D eigenvalue weighted by molar-refractivity contribution is 8.00. The molecule has 1 aliphatic carbocycles. The van der Waals surface area contributed by atoms with E-state index in [1.165, 1.54) is 19.3 Å². The molecule has 14 heavy (non-hydrogen) atoms. The largest absolute Gasteiger partial charge is 0.379 e. The summed E-state index contributed by atoms with van der Waals surface area (Å²) < 4.78 is 5.20. The van der Waals surface area contributed by atoms with Gasteiger partial charge in [-0.2, -0.15) is 0 Å². The third kappa shape index (κ3) is 2.10. The topological polar surface area (TPSA) is 35.2 Å². The Labute approximate surface area is 91.0 Å². The normalized spacial score (nSPS) is 37.9. The molecule has 1 aliphatic heterocycles. The predicted octanol–water partition coefficient (Wildman–Crippen LogP) is 2.02. The molecule has 2 N–H and O–H groups in total. The molecular formula is C11H21NOS. The molecule has 2 rings (SSSR count). The number of hydrogen-bond donors (Lipinski definition) is 1. The summed E-state index contributed by atoms with van der Waals surface area (Å²) in [4.78, 5) is 0. The minimum atomic E-state index is 0.334. The van der Waals surface area contributed by atoms with Crippen LogP contribution in [-0.4, -0.2) is 29.8 Å². The van der Waals surface area contributed by atoms with Crippen LogP contribution in [0.3, 0.4) is 0 Å². The molecule has 1 saturated carbocycles. The van der Waals surface area contributed by atoms with E-state index in [9.17, 15) is 0 Å². The van der Waals surface area contributed by atoms with Crippen LogP contribution in [0.25, 0.3) is 0 Å². The van der Waals surface area contributed by atoms with Crippen molar-refractivity contribution in [1.29, 1.82) is 0 Å². The highest BCUT2D eigenvalue weighted by atomic mass is 32.2. The molecule has 0 bridgehead atoms. The molecule has 2 unspecified atom stereocenters. The lowest BCUT2D eigenvalue weighted by Gasteiger charge is -2.43. The summed E-state index contributed by atoms with van der Waals surface area (Å²) in [6, 6.07) is 0.363. The Bertz CT molecular complexity index is 203. The molecule has 2 fully saturated rings. The molecule has 2 atom stereocenters. The van der Waals surface area contributed by atoms with Crippen molar-refractivity contribution in [2.45, 2.75) is 49.7 Å². The van der Waals surface area contributed by atoms with E-state index in [1.54, 1.807) is 0 Å². The predicted molar refractivity (Wildman–Crippen MR) is 61.6 cm³/mol. The lowest BCUT2D eigenvalue weighted by molar-refractivity contribution is 0.0448. The first-order chi connectivity index (χ1) is 6.59. The summed E-state index contributed by atoms with van der Waals surface area (Å²) >= 11 is 2.07. The molecule has 2 nitrogen and oxygen atoms in total. The van der Waals surface area contributed by atoms with Crippen molar-refractivity contribution in [2.75, 3.05) is 13.2 Å². The zero-order valence-electron chi connectivity index (χ0n) is 9.16. The summed E-state index contributed by atoms with van der Waals surface area (Å²) in [5.41, 5.74) is 6.66. The van der Waals surface area contributed by atoms with Crippen molar-refractivity contribution in [1.82, 2.24) is 0 Å². The van der Waals surface area contributed by atoms with Crippen molar-refractivity contribution in [3.8, 4) is 0 Å². The van der Waals surface area contributed by atoms with Gasteiger partial charge in [-0.3, -0.25) is 0 Å². The van der Waals surface area contributed by atoms with E-state index in [0.717, 1.165) is 18.5 Å². The number of rotatable bonds is 2. The van der Waals surface area contributed by atoms with Gasteiger partial charge in [0, 0.05) is 11.3 Å². The average molecular weight is 215 g/mol. The van der Waals surface area contributed by atoms with E-state index in [0.29, 0.717) is 16.7 Å². The third-order valence-corrected chi connectivity index (χ3v) is 5.12. The van der Waals surface area contributed by atoms with E-state index in [4.69, 9.17) is 10.5 Å². The maximum atomic E-state index is 6.32. The van der Waals surface area contributed by atoms with Crippen LogP contribution in [0.15, 0.2) is 0 Å². The van der Waals surface area contributed by atoms with Crippen molar-refractivity contribution in [2.24, 2.45) is 11.1 Å². The first-order valence-corrected chi connectivity index (χ1v) is 6.53. The Morgan fingerprint density at radius 2 is 2.07 bits per heavy atom. The molecule has 3 heteroatoms. The molecule has 0 aromatic carbocycles. The van der Waals surface area contributed by atoms with Crippen LogP contribution in [0.4, 0.5) is 0 Å². The standard InChI is InChI=1S/C11H21NOS/c1-11(2)5-3-4-9(10(11)12)14-8-6-13-7-8/h8-10H,3-7,12H2,1-2H3. The Morgan fingerprint density at radius 1 is 1.36 bits per heavy atom. The highest BCUT2D eigenvalue weighted by Gasteiger charge is 2.38. The average Bonchev–Trinajstić information content (AvgIpc) is 2.04. The van der Waals surface area contributed by atoms with Gasteiger partial charge in [-0.25, -0.2) is 0 Å². The minimum Gasteiger partial charge on any atom is -0.379 e. The van der Waals surface area contributed by atoms with Gasteiger partial charge < -0.3 is 10.5 Å². The fourth-order valence-electron chi connectivity index (χ4n) is 2.30. The second kappa shape index (κ2) is 4.03. The molecule has 82 valence electrons. The zero-order valence-corrected chi connectivity index (χ0v) is 9.98. The van der Waals surface area contributed by atoms with Gasteiger partial charge in [0.25, 0.3) is 0 Å². The fraction of sp³-hybridized carbons (Fsp3) is 1.00. The van der Waals surface area contributed by atoms with Crippen LogP contribution in [0.2, 0.25) is 0 Å². The summed E-state index contributed by atoms with van der Waals surface area (Å²) in [5.74, 6) is 0. The maximum Gasteiger partial charge on any atom is 0.0608 e. The second-order valence-electron chi connectivity index (χ2n) is 5.24. The van der Waals surface area contributed by atoms with E-state index >= 15 is 0 Å². The van der Waals surface area contributed by atoms with Gasteiger partial charge in [0.15, 0.2) is 0 Å². The molecular weight excluding hydrogens is 194 g/mol. The van der Waals surface area contributed by atoms with Crippen LogP contribution in [0, 0.1) is 5.41 Å². The van der Waals surface area contributed by atoms with E-state index in [1.807, 2.05) is 0 Å². The number of hydrogen-bond acceptors (Lipinski definition) is 3. The van der Waals surface area contributed by atoms with Gasteiger partial charge in [0.05, 0.1) is 18.5 Å². The van der Waals surface area contributed by atoms with Crippen molar-refractivity contribution < 1.29 is 4.74 Å². The van der Waals surface area contributed by atoms with E-state index in [-0.39, 0.29) is 0 Å². The van der Waals surface area contributed by atoms with Crippen LogP contribution in [-0.2, 0) is 4.74 Å². The molecule has 1 saturated heterocycles. The van der Waals surface area contributed by atoms with Crippen molar-refractivity contribution >= 4 is 11.8 Å². The van der Waals surface area contributed by atoms with Gasteiger partial charge in [-0.05, 0) is 18.3 Å². The highest BCUT2D eigenvalue weighted by Crippen LogP contribution is 2.41. The molecule has 0 aromatic rings. The minimum absolute atomic E-state index is 0.334. The summed E-state index contributed by atoms with van der Waals surface area (Å²) in [6.45, 7) is 6.49. The molecule has 1 heterocycles. The SMILES string of the molecule is CC1(C)CCCC(SC2COC2)C1N. The summed E-state index contributed by atoms with van der Waals surface area (Å²) in [5, 5.41) is 1.38. The molecule has 2 aliphatic rings. The monoisotopic (exact) mass is 215 g/mol. The zero-order chi connectivity index (χ0) is 10.2. The number of thioether (sulfide) groups is 1. The number of nitrogens with two attached hydrogens (primary N) is 1. The Kier molecular flexibility index (Phi) is 3.10. The molecule has 0 radical (unpaired) electrons. The first-order valence-electron chi connectivity index (χ1n) is 5.58. The Balaban J connectivity index is 1.90.